The first-order valence-electron chi connectivity index (χ1n) is 5.17. The van der Waals surface area contributed by atoms with E-state index in [1.54, 1.807) is 0 Å². The second kappa shape index (κ2) is 3.47. The highest BCUT2D eigenvalue weighted by Gasteiger charge is 2.46. The predicted molar refractivity (Wildman–Crippen MR) is 55.5 cm³/mol. The van der Waals surface area contributed by atoms with Crippen LogP contribution < -0.4 is 10.0 Å². The summed E-state index contributed by atoms with van der Waals surface area (Å²) in [5.74, 6) is 0.678. The summed E-state index contributed by atoms with van der Waals surface area (Å²) in [7, 11) is -3.03. The highest BCUT2D eigenvalue weighted by molar-refractivity contribution is 7.88. The number of fused-ring (bicyclic) bond motifs is 1. The van der Waals surface area contributed by atoms with Crippen molar-refractivity contribution in [2.75, 3.05) is 25.9 Å². The van der Waals surface area contributed by atoms with Gasteiger partial charge in [0.2, 0.25) is 10.0 Å². The lowest BCUT2D eigenvalue weighted by atomic mass is 9.81. The van der Waals surface area contributed by atoms with Gasteiger partial charge in [0.05, 0.1) is 6.26 Å². The largest absolute Gasteiger partial charge is 0.316 e. The summed E-state index contributed by atoms with van der Waals surface area (Å²) in [6, 6.07) is 0. The summed E-state index contributed by atoms with van der Waals surface area (Å²) in [5.41, 5.74) is 0.211. The molecule has 0 spiro atoms. The molecule has 5 heteroatoms. The van der Waals surface area contributed by atoms with Crippen molar-refractivity contribution in [3.63, 3.8) is 0 Å². The zero-order valence-corrected chi connectivity index (χ0v) is 9.36. The highest BCUT2D eigenvalue weighted by Crippen LogP contribution is 2.45. The number of sulfonamides is 1. The number of rotatable bonds is 3. The Labute approximate surface area is 85.5 Å². The molecule has 4 nitrogen and oxygen atoms in total. The lowest BCUT2D eigenvalue weighted by Gasteiger charge is -2.28. The maximum Gasteiger partial charge on any atom is 0.208 e. The molecule has 0 aromatic heterocycles. The minimum absolute atomic E-state index is 0.211. The Bertz CT molecular complexity index is 303. The third-order valence-corrected chi connectivity index (χ3v) is 4.32. The quantitative estimate of drug-likeness (QED) is 0.697. The normalized spacial score (nSPS) is 37.4. The summed E-state index contributed by atoms with van der Waals surface area (Å²) < 4.78 is 24.7. The Kier molecular flexibility index (Phi) is 2.57. The maximum absolute atomic E-state index is 11.0. The topological polar surface area (TPSA) is 58.2 Å². The summed E-state index contributed by atoms with van der Waals surface area (Å²) in [6.07, 6.45) is 4.89. The highest BCUT2D eigenvalue weighted by atomic mass is 32.2. The van der Waals surface area contributed by atoms with E-state index in [0.29, 0.717) is 12.5 Å². The molecule has 82 valence electrons. The van der Waals surface area contributed by atoms with Crippen LogP contribution in [0, 0.1) is 11.3 Å². The van der Waals surface area contributed by atoms with E-state index in [4.69, 9.17) is 0 Å². The molecule has 1 saturated heterocycles. The summed E-state index contributed by atoms with van der Waals surface area (Å²) in [4.78, 5) is 0. The molecule has 1 saturated carbocycles. The molecule has 1 aliphatic heterocycles. The average Bonchev–Trinajstić information content (AvgIpc) is 2.56. The minimum Gasteiger partial charge on any atom is -0.316 e. The first kappa shape index (κ1) is 10.4. The van der Waals surface area contributed by atoms with Crippen molar-refractivity contribution in [2.24, 2.45) is 11.3 Å². The van der Waals surface area contributed by atoms with Crippen LogP contribution in [0.4, 0.5) is 0 Å². The van der Waals surface area contributed by atoms with Gasteiger partial charge < -0.3 is 5.32 Å². The van der Waals surface area contributed by atoms with Crippen LogP contribution in [-0.2, 0) is 10.0 Å². The second-order valence-electron chi connectivity index (χ2n) is 4.68. The molecular formula is C9H18N2O2S. The van der Waals surface area contributed by atoms with Crippen LogP contribution in [0.5, 0.6) is 0 Å². The third kappa shape index (κ3) is 1.94. The van der Waals surface area contributed by atoms with Gasteiger partial charge in [0, 0.05) is 18.5 Å². The molecule has 2 fully saturated rings. The lowest BCUT2D eigenvalue weighted by Crippen LogP contribution is -2.39. The smallest absolute Gasteiger partial charge is 0.208 e. The average molecular weight is 218 g/mol. The molecule has 0 aromatic carbocycles. The van der Waals surface area contributed by atoms with Gasteiger partial charge in [0.1, 0.15) is 0 Å². The predicted octanol–water partition coefficient (Wildman–Crippen LogP) is -0.0747. The van der Waals surface area contributed by atoms with Crippen LogP contribution >= 0.6 is 0 Å². The van der Waals surface area contributed by atoms with E-state index in [1.165, 1.54) is 19.1 Å². The van der Waals surface area contributed by atoms with Gasteiger partial charge in [0.25, 0.3) is 0 Å². The Hall–Kier alpha value is -0.130. The van der Waals surface area contributed by atoms with Crippen molar-refractivity contribution < 1.29 is 8.42 Å². The van der Waals surface area contributed by atoms with Crippen LogP contribution in [0.3, 0.4) is 0 Å². The molecular weight excluding hydrogens is 200 g/mol. The summed E-state index contributed by atoms with van der Waals surface area (Å²) in [5, 5.41) is 3.37. The maximum atomic E-state index is 11.0. The molecule has 1 aliphatic carbocycles. The van der Waals surface area contributed by atoms with Gasteiger partial charge >= 0.3 is 0 Å². The Morgan fingerprint density at radius 3 is 3.07 bits per heavy atom. The monoisotopic (exact) mass is 218 g/mol. The van der Waals surface area contributed by atoms with E-state index >= 15 is 0 Å². The van der Waals surface area contributed by atoms with Crippen molar-refractivity contribution in [1.29, 1.82) is 0 Å². The van der Waals surface area contributed by atoms with Gasteiger partial charge in [-0.1, -0.05) is 6.42 Å². The van der Waals surface area contributed by atoms with Crippen LogP contribution in [0.25, 0.3) is 0 Å². The Morgan fingerprint density at radius 2 is 2.36 bits per heavy atom. The van der Waals surface area contributed by atoms with Crippen molar-refractivity contribution in [1.82, 2.24) is 10.0 Å². The van der Waals surface area contributed by atoms with E-state index in [0.717, 1.165) is 19.5 Å². The molecule has 0 bridgehead atoms. The molecule has 0 aromatic rings. The van der Waals surface area contributed by atoms with E-state index in [2.05, 4.69) is 10.0 Å². The minimum atomic E-state index is -3.03. The first-order chi connectivity index (χ1) is 6.52. The first-order valence-corrected chi connectivity index (χ1v) is 7.06. The van der Waals surface area contributed by atoms with E-state index in [1.807, 2.05) is 0 Å². The zero-order valence-electron chi connectivity index (χ0n) is 8.54. The fourth-order valence-electron chi connectivity index (χ4n) is 2.83. The van der Waals surface area contributed by atoms with Crippen LogP contribution in [0.2, 0.25) is 0 Å². The molecule has 14 heavy (non-hydrogen) atoms. The standard InChI is InChI=1S/C9H18N2O2S/c1-14(12,13)11-7-9-4-2-3-8(9)5-10-6-9/h8,10-11H,2-7H2,1H3. The number of nitrogens with one attached hydrogen (secondary N) is 2. The van der Waals surface area contributed by atoms with Gasteiger partial charge in [-0.05, 0) is 25.3 Å². The summed E-state index contributed by atoms with van der Waals surface area (Å²) >= 11 is 0. The Morgan fingerprint density at radius 1 is 1.57 bits per heavy atom. The van der Waals surface area contributed by atoms with Crippen molar-refractivity contribution in [3.8, 4) is 0 Å². The Balaban J connectivity index is 2.01. The van der Waals surface area contributed by atoms with Crippen molar-refractivity contribution in [3.05, 3.63) is 0 Å². The van der Waals surface area contributed by atoms with Crippen LogP contribution in [-0.4, -0.2) is 34.3 Å². The van der Waals surface area contributed by atoms with Gasteiger partial charge in [0.15, 0.2) is 0 Å². The molecule has 2 unspecified atom stereocenters. The fraction of sp³-hybridized carbons (Fsp3) is 1.00. The number of hydrogen-bond donors (Lipinski definition) is 2. The molecule has 0 amide bonds. The SMILES string of the molecule is CS(=O)(=O)NCC12CCCC1CNC2. The van der Waals surface area contributed by atoms with E-state index < -0.39 is 10.0 Å². The van der Waals surface area contributed by atoms with Gasteiger partial charge in [-0.2, -0.15) is 0 Å². The molecule has 0 radical (unpaired) electrons. The van der Waals surface area contributed by atoms with Crippen LogP contribution in [0.1, 0.15) is 19.3 Å². The zero-order chi connectivity index (χ0) is 10.2. The lowest BCUT2D eigenvalue weighted by molar-refractivity contribution is 0.271. The van der Waals surface area contributed by atoms with Gasteiger partial charge in [-0.25, -0.2) is 13.1 Å². The fourth-order valence-corrected chi connectivity index (χ4v) is 3.38. The molecule has 2 aliphatic rings. The van der Waals surface area contributed by atoms with Gasteiger partial charge in [-0.15, -0.1) is 0 Å². The second-order valence-corrected chi connectivity index (χ2v) is 6.51. The van der Waals surface area contributed by atoms with Gasteiger partial charge in [-0.3, -0.25) is 0 Å². The summed E-state index contributed by atoms with van der Waals surface area (Å²) in [6.45, 7) is 2.65. The van der Waals surface area contributed by atoms with E-state index in [9.17, 15) is 8.42 Å². The number of hydrogen-bond acceptors (Lipinski definition) is 3. The molecule has 2 N–H and O–H groups in total. The molecule has 2 atom stereocenters. The molecule has 2 rings (SSSR count). The van der Waals surface area contributed by atoms with Crippen molar-refractivity contribution >= 4 is 10.0 Å². The van der Waals surface area contributed by atoms with Crippen LogP contribution in [0.15, 0.2) is 0 Å². The third-order valence-electron chi connectivity index (χ3n) is 3.65. The van der Waals surface area contributed by atoms with E-state index in [-0.39, 0.29) is 5.41 Å². The van der Waals surface area contributed by atoms with Crippen molar-refractivity contribution in [2.45, 2.75) is 19.3 Å². The molecule has 1 heterocycles.